The second kappa shape index (κ2) is 5.29. The SMILES string of the molecule is Nc1ccc(F)c(F)c1NCC1COCCO1. The van der Waals surface area contributed by atoms with Crippen LogP contribution >= 0.6 is 0 Å². The van der Waals surface area contributed by atoms with Gasteiger partial charge in [-0.25, -0.2) is 8.78 Å². The standard InChI is InChI=1S/C11H14F2N2O2/c12-8-1-2-9(14)11(10(8)13)15-5-7-6-16-3-4-17-7/h1-2,7,15H,3-6,14H2. The molecule has 6 heteroatoms. The number of anilines is 2. The lowest BCUT2D eigenvalue weighted by Gasteiger charge is -2.24. The second-order valence-electron chi connectivity index (χ2n) is 3.77. The highest BCUT2D eigenvalue weighted by Gasteiger charge is 2.17. The maximum absolute atomic E-state index is 13.4. The summed E-state index contributed by atoms with van der Waals surface area (Å²) in [6.45, 7) is 1.83. The minimum atomic E-state index is -0.971. The Hall–Kier alpha value is -1.40. The van der Waals surface area contributed by atoms with Crippen molar-refractivity contribution in [1.82, 2.24) is 0 Å². The summed E-state index contributed by atoms with van der Waals surface area (Å²) in [6.07, 6.45) is -0.175. The van der Waals surface area contributed by atoms with Gasteiger partial charge in [0.2, 0.25) is 0 Å². The summed E-state index contributed by atoms with van der Waals surface area (Å²) in [7, 11) is 0. The first-order valence-corrected chi connectivity index (χ1v) is 5.35. The molecule has 0 saturated carbocycles. The Kier molecular flexibility index (Phi) is 3.75. The largest absolute Gasteiger partial charge is 0.397 e. The molecule has 0 amide bonds. The lowest BCUT2D eigenvalue weighted by molar-refractivity contribution is -0.0819. The molecule has 0 radical (unpaired) electrons. The van der Waals surface area contributed by atoms with Crippen LogP contribution in [0.15, 0.2) is 12.1 Å². The van der Waals surface area contributed by atoms with E-state index >= 15 is 0 Å². The van der Waals surface area contributed by atoms with Crippen LogP contribution in [0.4, 0.5) is 20.2 Å². The molecule has 1 fully saturated rings. The maximum atomic E-state index is 13.4. The van der Waals surface area contributed by atoms with Crippen molar-refractivity contribution in [1.29, 1.82) is 0 Å². The molecule has 1 aliphatic heterocycles. The van der Waals surface area contributed by atoms with Crippen molar-refractivity contribution in [2.45, 2.75) is 6.10 Å². The van der Waals surface area contributed by atoms with E-state index in [1.807, 2.05) is 0 Å². The van der Waals surface area contributed by atoms with Crippen LogP contribution in [0, 0.1) is 11.6 Å². The highest BCUT2D eigenvalue weighted by molar-refractivity contribution is 5.66. The lowest BCUT2D eigenvalue weighted by Crippen LogP contribution is -2.34. The lowest BCUT2D eigenvalue weighted by atomic mass is 10.2. The van der Waals surface area contributed by atoms with E-state index in [4.69, 9.17) is 15.2 Å². The molecule has 3 N–H and O–H groups in total. The average Bonchev–Trinajstić information content (AvgIpc) is 2.35. The molecule has 0 spiro atoms. The Morgan fingerprint density at radius 1 is 1.35 bits per heavy atom. The van der Waals surface area contributed by atoms with Gasteiger partial charge in [-0.05, 0) is 12.1 Å². The molecular formula is C11H14F2N2O2. The molecule has 2 rings (SSSR count). The van der Waals surface area contributed by atoms with E-state index in [1.54, 1.807) is 0 Å². The highest BCUT2D eigenvalue weighted by Crippen LogP contribution is 2.24. The van der Waals surface area contributed by atoms with Crippen molar-refractivity contribution in [3.05, 3.63) is 23.8 Å². The molecule has 1 aliphatic rings. The molecule has 0 aromatic heterocycles. The Morgan fingerprint density at radius 2 is 2.18 bits per heavy atom. The number of nitrogens with two attached hydrogens (primary N) is 1. The monoisotopic (exact) mass is 244 g/mol. The second-order valence-corrected chi connectivity index (χ2v) is 3.77. The van der Waals surface area contributed by atoms with Crippen LogP contribution in [0.25, 0.3) is 0 Å². The van der Waals surface area contributed by atoms with Gasteiger partial charge in [-0.15, -0.1) is 0 Å². The summed E-state index contributed by atoms with van der Waals surface area (Å²) < 4.78 is 37.0. The number of benzene rings is 1. The minimum Gasteiger partial charge on any atom is -0.397 e. The summed E-state index contributed by atoms with van der Waals surface area (Å²) >= 11 is 0. The normalized spacial score (nSPS) is 20.2. The summed E-state index contributed by atoms with van der Waals surface area (Å²) in [5.74, 6) is -1.90. The topological polar surface area (TPSA) is 56.5 Å². The van der Waals surface area contributed by atoms with E-state index in [1.165, 1.54) is 6.07 Å². The van der Waals surface area contributed by atoms with Gasteiger partial charge in [0.15, 0.2) is 11.6 Å². The van der Waals surface area contributed by atoms with E-state index in [9.17, 15) is 8.78 Å². The molecule has 1 heterocycles. The molecule has 1 atom stereocenters. The van der Waals surface area contributed by atoms with Gasteiger partial charge >= 0.3 is 0 Å². The van der Waals surface area contributed by atoms with Gasteiger partial charge in [0.25, 0.3) is 0 Å². The smallest absolute Gasteiger partial charge is 0.183 e. The third-order valence-corrected chi connectivity index (χ3v) is 2.52. The molecule has 1 aromatic carbocycles. The number of nitrogens with one attached hydrogen (secondary N) is 1. The van der Waals surface area contributed by atoms with Crippen molar-refractivity contribution < 1.29 is 18.3 Å². The first-order chi connectivity index (χ1) is 8.18. The van der Waals surface area contributed by atoms with Crippen molar-refractivity contribution >= 4 is 11.4 Å². The Balaban J connectivity index is 2.00. The van der Waals surface area contributed by atoms with E-state index in [-0.39, 0.29) is 17.5 Å². The van der Waals surface area contributed by atoms with Crippen LogP contribution in [0.1, 0.15) is 0 Å². The number of halogens is 2. The molecule has 1 aromatic rings. The molecule has 17 heavy (non-hydrogen) atoms. The number of hydrogen-bond donors (Lipinski definition) is 2. The van der Waals surface area contributed by atoms with Crippen LogP contribution in [-0.4, -0.2) is 32.5 Å². The van der Waals surface area contributed by atoms with Gasteiger partial charge in [-0.1, -0.05) is 0 Å². The number of rotatable bonds is 3. The van der Waals surface area contributed by atoms with Crippen LogP contribution in [0.5, 0.6) is 0 Å². The van der Waals surface area contributed by atoms with Gasteiger partial charge in [0.1, 0.15) is 0 Å². The fourth-order valence-electron chi connectivity index (χ4n) is 1.62. The minimum absolute atomic E-state index is 0.0285. The summed E-state index contributed by atoms with van der Waals surface area (Å²) in [4.78, 5) is 0. The van der Waals surface area contributed by atoms with Gasteiger partial charge < -0.3 is 20.5 Å². The number of nitrogen functional groups attached to an aromatic ring is 1. The Bertz CT molecular complexity index is 395. The zero-order valence-electron chi connectivity index (χ0n) is 9.21. The molecule has 1 unspecified atom stereocenters. The maximum Gasteiger partial charge on any atom is 0.183 e. The fraction of sp³-hybridized carbons (Fsp3) is 0.455. The third kappa shape index (κ3) is 2.83. The predicted octanol–water partition coefficient (Wildman–Crippen LogP) is 1.37. The molecule has 4 nitrogen and oxygen atoms in total. The van der Waals surface area contributed by atoms with Crippen molar-refractivity contribution in [2.75, 3.05) is 37.4 Å². The van der Waals surface area contributed by atoms with Gasteiger partial charge in [-0.2, -0.15) is 0 Å². The first-order valence-electron chi connectivity index (χ1n) is 5.35. The molecule has 0 bridgehead atoms. The summed E-state index contributed by atoms with van der Waals surface area (Å²) in [5.41, 5.74) is 5.70. The highest BCUT2D eigenvalue weighted by atomic mass is 19.2. The van der Waals surface area contributed by atoms with Gasteiger partial charge in [0.05, 0.1) is 37.3 Å². The Labute approximate surface area is 97.7 Å². The molecule has 0 aliphatic carbocycles. The third-order valence-electron chi connectivity index (χ3n) is 2.52. The zero-order valence-corrected chi connectivity index (χ0v) is 9.21. The molecule has 1 saturated heterocycles. The number of hydrogen-bond acceptors (Lipinski definition) is 4. The fourth-order valence-corrected chi connectivity index (χ4v) is 1.62. The molecular weight excluding hydrogens is 230 g/mol. The van der Waals surface area contributed by atoms with Gasteiger partial charge in [0, 0.05) is 6.54 Å². The average molecular weight is 244 g/mol. The van der Waals surface area contributed by atoms with Gasteiger partial charge in [-0.3, -0.25) is 0 Å². The van der Waals surface area contributed by atoms with Crippen LogP contribution in [0.2, 0.25) is 0 Å². The number of ether oxygens (including phenoxy) is 2. The van der Waals surface area contributed by atoms with Crippen molar-refractivity contribution in [3.63, 3.8) is 0 Å². The quantitative estimate of drug-likeness (QED) is 0.788. The van der Waals surface area contributed by atoms with E-state index in [0.29, 0.717) is 26.4 Å². The van der Waals surface area contributed by atoms with Crippen LogP contribution < -0.4 is 11.1 Å². The summed E-state index contributed by atoms with van der Waals surface area (Å²) in [6, 6.07) is 2.31. The van der Waals surface area contributed by atoms with E-state index in [0.717, 1.165) is 6.07 Å². The first kappa shape index (κ1) is 12.1. The Morgan fingerprint density at radius 3 is 2.88 bits per heavy atom. The zero-order chi connectivity index (χ0) is 12.3. The van der Waals surface area contributed by atoms with E-state index < -0.39 is 11.6 Å². The van der Waals surface area contributed by atoms with Crippen LogP contribution in [0.3, 0.4) is 0 Å². The van der Waals surface area contributed by atoms with Crippen LogP contribution in [-0.2, 0) is 9.47 Å². The molecule has 94 valence electrons. The van der Waals surface area contributed by atoms with E-state index in [2.05, 4.69) is 5.32 Å². The van der Waals surface area contributed by atoms with Crippen molar-refractivity contribution in [2.24, 2.45) is 0 Å². The predicted molar refractivity (Wildman–Crippen MR) is 59.8 cm³/mol. The van der Waals surface area contributed by atoms with Crippen molar-refractivity contribution in [3.8, 4) is 0 Å². The summed E-state index contributed by atoms with van der Waals surface area (Å²) in [5, 5.41) is 2.75.